The number of thiocarbonyl (C=S) groups is 1. The van der Waals surface area contributed by atoms with Crippen LogP contribution in [-0.2, 0) is 25.9 Å². The van der Waals surface area contributed by atoms with Crippen molar-refractivity contribution in [3.05, 3.63) is 144 Å². The topological polar surface area (TPSA) is 46.9 Å². The van der Waals surface area contributed by atoms with E-state index in [1.165, 1.54) is 0 Å². The van der Waals surface area contributed by atoms with E-state index in [2.05, 4.69) is 58.3 Å². The van der Waals surface area contributed by atoms with Gasteiger partial charge < -0.3 is 20.0 Å². The van der Waals surface area contributed by atoms with E-state index in [9.17, 15) is 10.2 Å². The Balaban J connectivity index is 1.57. The van der Waals surface area contributed by atoms with Gasteiger partial charge in [-0.15, -0.1) is 0 Å². The maximum absolute atomic E-state index is 11.8. The van der Waals surface area contributed by atoms with Gasteiger partial charge in [-0.1, -0.05) is 121 Å². The number of rotatable bonds is 8. The third-order valence-corrected chi connectivity index (χ3v) is 7.87. The molecule has 5 heteroatoms. The highest BCUT2D eigenvalue weighted by Crippen LogP contribution is 2.30. The Morgan fingerprint density at radius 1 is 0.474 bits per heavy atom. The molecule has 0 aliphatic carbocycles. The van der Waals surface area contributed by atoms with Crippen molar-refractivity contribution in [1.29, 1.82) is 0 Å². The summed E-state index contributed by atoms with van der Waals surface area (Å²) in [4.78, 5) is 4.25. The summed E-state index contributed by atoms with van der Waals surface area (Å²) in [7, 11) is 0. The van der Waals surface area contributed by atoms with Gasteiger partial charge in [0.2, 0.25) is 0 Å². The molecule has 4 aromatic carbocycles. The van der Waals surface area contributed by atoms with Gasteiger partial charge in [-0.25, -0.2) is 0 Å². The molecule has 1 heterocycles. The maximum Gasteiger partial charge on any atom is 0.172 e. The van der Waals surface area contributed by atoms with Crippen LogP contribution in [0.5, 0.6) is 0 Å². The summed E-state index contributed by atoms with van der Waals surface area (Å²) in [5.74, 6) is 0. The average molecular weight is 523 g/mol. The fraction of sp³-hybridized carbons (Fsp3) is 0.242. The number of aliphatic hydroxyl groups is 2. The summed E-state index contributed by atoms with van der Waals surface area (Å²) in [5, 5.41) is 24.2. The predicted molar refractivity (Wildman–Crippen MR) is 156 cm³/mol. The van der Waals surface area contributed by atoms with Crippen LogP contribution in [0.4, 0.5) is 0 Å². The van der Waals surface area contributed by atoms with E-state index in [0.29, 0.717) is 31.0 Å². The van der Waals surface area contributed by atoms with Gasteiger partial charge in [-0.3, -0.25) is 0 Å². The van der Waals surface area contributed by atoms with Gasteiger partial charge in [0.25, 0.3) is 0 Å². The van der Waals surface area contributed by atoms with Crippen LogP contribution in [-0.4, -0.2) is 49.4 Å². The highest BCUT2D eigenvalue weighted by Gasteiger charge is 2.44. The molecule has 4 atom stereocenters. The lowest BCUT2D eigenvalue weighted by molar-refractivity contribution is -0.0408. The van der Waals surface area contributed by atoms with Crippen molar-refractivity contribution in [2.75, 3.05) is 0 Å². The van der Waals surface area contributed by atoms with Crippen LogP contribution in [0.1, 0.15) is 22.3 Å². The first-order chi connectivity index (χ1) is 18.6. The summed E-state index contributed by atoms with van der Waals surface area (Å²) >= 11 is 6.26. The van der Waals surface area contributed by atoms with Gasteiger partial charge in [-0.2, -0.15) is 0 Å². The third kappa shape index (κ3) is 6.13. The highest BCUT2D eigenvalue weighted by molar-refractivity contribution is 7.80. The molecular weight excluding hydrogens is 488 g/mol. The summed E-state index contributed by atoms with van der Waals surface area (Å²) in [6.07, 6.45) is -0.843. The van der Waals surface area contributed by atoms with Gasteiger partial charge in [0.05, 0.1) is 12.1 Å². The summed E-state index contributed by atoms with van der Waals surface area (Å²) in [6.45, 7) is 1.09. The fourth-order valence-electron chi connectivity index (χ4n) is 5.38. The first-order valence-electron chi connectivity index (χ1n) is 13.2. The van der Waals surface area contributed by atoms with E-state index in [-0.39, 0.29) is 12.1 Å². The van der Waals surface area contributed by atoms with Gasteiger partial charge in [0.15, 0.2) is 5.11 Å². The van der Waals surface area contributed by atoms with Gasteiger partial charge >= 0.3 is 0 Å². The number of hydrogen-bond donors (Lipinski definition) is 2. The maximum atomic E-state index is 11.8. The Labute approximate surface area is 230 Å². The zero-order valence-corrected chi connectivity index (χ0v) is 22.2. The van der Waals surface area contributed by atoms with E-state index < -0.39 is 12.2 Å². The minimum atomic E-state index is -0.994. The van der Waals surface area contributed by atoms with Crippen LogP contribution in [0.2, 0.25) is 0 Å². The molecule has 4 aromatic rings. The predicted octanol–water partition coefficient (Wildman–Crippen LogP) is 5.23. The minimum Gasteiger partial charge on any atom is -0.388 e. The standard InChI is InChI=1S/C33H34N2O2S/c36-31-29(21-25-13-5-1-6-14-25)34(23-27-17-9-3-10-18-27)33(38)35(24-28-19-11-4-12-20-28)30(32(31)37)22-26-15-7-2-8-16-26/h1-20,29-32,36-37H,21-24H2/t29-,30-,31+,32+/m1/s1. The van der Waals surface area contributed by atoms with Gasteiger partial charge in [-0.05, 0) is 47.3 Å². The van der Waals surface area contributed by atoms with Crippen molar-refractivity contribution in [3.63, 3.8) is 0 Å². The lowest BCUT2D eigenvalue weighted by Gasteiger charge is -2.38. The highest BCUT2D eigenvalue weighted by atomic mass is 32.1. The molecular formula is C33H34N2O2S. The molecule has 4 nitrogen and oxygen atoms in total. The van der Waals surface area contributed by atoms with Crippen LogP contribution >= 0.6 is 12.2 Å². The average Bonchev–Trinajstić information content (AvgIpc) is 3.03. The molecule has 2 N–H and O–H groups in total. The normalized spacial score (nSPS) is 21.8. The molecule has 194 valence electrons. The van der Waals surface area contributed by atoms with E-state index in [4.69, 9.17) is 12.2 Å². The van der Waals surface area contributed by atoms with Crippen molar-refractivity contribution in [1.82, 2.24) is 9.80 Å². The molecule has 1 aliphatic rings. The molecule has 1 fully saturated rings. The molecule has 0 spiro atoms. The largest absolute Gasteiger partial charge is 0.388 e. The Morgan fingerprint density at radius 2 is 0.763 bits per heavy atom. The zero-order chi connectivity index (χ0) is 26.3. The molecule has 5 rings (SSSR count). The fourth-order valence-corrected chi connectivity index (χ4v) is 5.78. The second kappa shape index (κ2) is 12.4. The molecule has 0 bridgehead atoms. The smallest absolute Gasteiger partial charge is 0.172 e. The van der Waals surface area contributed by atoms with Crippen LogP contribution in [0.3, 0.4) is 0 Å². The van der Waals surface area contributed by atoms with E-state index >= 15 is 0 Å². The third-order valence-electron chi connectivity index (χ3n) is 7.40. The number of nitrogens with zero attached hydrogens (tertiary/aromatic N) is 2. The van der Waals surface area contributed by atoms with Crippen LogP contribution in [0.15, 0.2) is 121 Å². The molecule has 1 saturated heterocycles. The SMILES string of the molecule is O[C@@H]1[C@@H](O)[C@@H](Cc2ccccc2)N(Cc2ccccc2)C(=S)N(Cc2ccccc2)[C@@H]1Cc1ccccc1. The summed E-state index contributed by atoms with van der Waals surface area (Å²) < 4.78 is 0. The minimum absolute atomic E-state index is 0.390. The van der Waals surface area contributed by atoms with Crippen LogP contribution in [0, 0.1) is 0 Å². The van der Waals surface area contributed by atoms with Crippen molar-refractivity contribution < 1.29 is 10.2 Å². The van der Waals surface area contributed by atoms with Crippen molar-refractivity contribution >= 4 is 17.3 Å². The zero-order valence-electron chi connectivity index (χ0n) is 21.4. The summed E-state index contributed by atoms with van der Waals surface area (Å²) in [6, 6.07) is 39.9. The lowest BCUT2D eigenvalue weighted by atomic mass is 9.91. The monoisotopic (exact) mass is 522 g/mol. The van der Waals surface area contributed by atoms with Crippen LogP contribution in [0.25, 0.3) is 0 Å². The molecule has 0 unspecified atom stereocenters. The number of benzene rings is 4. The van der Waals surface area contributed by atoms with E-state index in [0.717, 1.165) is 22.3 Å². The first kappa shape index (κ1) is 26.1. The second-order valence-electron chi connectivity index (χ2n) is 10.0. The number of hydrogen-bond acceptors (Lipinski definition) is 3. The quantitative estimate of drug-likeness (QED) is 0.310. The van der Waals surface area contributed by atoms with Crippen LogP contribution < -0.4 is 0 Å². The first-order valence-corrected chi connectivity index (χ1v) is 13.6. The molecule has 38 heavy (non-hydrogen) atoms. The Morgan fingerprint density at radius 3 is 1.08 bits per heavy atom. The molecule has 0 amide bonds. The molecule has 0 saturated carbocycles. The Kier molecular flexibility index (Phi) is 8.49. The molecule has 1 aliphatic heterocycles. The number of aliphatic hydroxyl groups excluding tert-OH is 2. The van der Waals surface area contributed by atoms with Crippen molar-refractivity contribution in [2.24, 2.45) is 0 Å². The lowest BCUT2D eigenvalue weighted by Crippen LogP contribution is -2.50. The summed E-state index contributed by atoms with van der Waals surface area (Å²) in [5.41, 5.74) is 4.41. The Bertz CT molecular complexity index is 1190. The Hall–Kier alpha value is -3.51. The second-order valence-corrected chi connectivity index (χ2v) is 10.4. The molecule has 0 aromatic heterocycles. The van der Waals surface area contributed by atoms with Gasteiger partial charge in [0.1, 0.15) is 12.2 Å². The van der Waals surface area contributed by atoms with E-state index in [1.54, 1.807) is 0 Å². The molecule has 0 radical (unpaired) electrons. The van der Waals surface area contributed by atoms with Gasteiger partial charge in [0, 0.05) is 13.1 Å². The van der Waals surface area contributed by atoms with Crippen molar-refractivity contribution in [2.45, 2.75) is 50.2 Å². The van der Waals surface area contributed by atoms with Crippen molar-refractivity contribution in [3.8, 4) is 0 Å². The van der Waals surface area contributed by atoms with E-state index in [1.807, 2.05) is 72.8 Å².